The average Bonchev–Trinajstić information content (AvgIpc) is 2.54. The van der Waals surface area contributed by atoms with Crippen molar-refractivity contribution in [1.82, 2.24) is 10.2 Å². The highest BCUT2D eigenvalue weighted by atomic mass is 79.9. The normalized spacial score (nSPS) is 22.6. The highest BCUT2D eigenvalue weighted by Gasteiger charge is 2.33. The van der Waals surface area contributed by atoms with Crippen LogP contribution < -0.4 is 5.32 Å². The third-order valence-corrected chi connectivity index (χ3v) is 5.46. The Hall–Kier alpha value is -0.330. The summed E-state index contributed by atoms with van der Waals surface area (Å²) in [5, 5.41) is 14.6. The molecule has 0 saturated carbocycles. The number of benzene rings is 1. The summed E-state index contributed by atoms with van der Waals surface area (Å²) in [5.74, 6) is 0.808. The molecule has 0 aromatic heterocycles. The Bertz CT molecular complexity index is 499. The van der Waals surface area contributed by atoms with Gasteiger partial charge in [-0.1, -0.05) is 11.6 Å². The Balaban J connectivity index is 1.96. The number of piperazine rings is 1. The van der Waals surface area contributed by atoms with Crippen LogP contribution in [-0.2, 0) is 4.74 Å². The number of phenols is 1. The number of nitrogens with zero attached hydrogens (tertiary/aromatic N) is 1. The van der Waals surface area contributed by atoms with Crippen LogP contribution in [0.15, 0.2) is 16.6 Å². The van der Waals surface area contributed by atoms with E-state index in [-0.39, 0.29) is 6.04 Å². The minimum Gasteiger partial charge on any atom is -0.506 e. The lowest BCUT2D eigenvalue weighted by Gasteiger charge is -2.41. The third kappa shape index (κ3) is 3.60. The molecule has 2 heterocycles. The molecular weight excluding hydrogens is 368 g/mol. The number of nitrogens with one attached hydrogen (secondary N) is 1. The molecule has 1 aromatic carbocycles. The van der Waals surface area contributed by atoms with Crippen LogP contribution in [-0.4, -0.2) is 49.4 Å². The molecule has 0 radical (unpaired) electrons. The Morgan fingerprint density at radius 2 is 1.95 bits per heavy atom. The van der Waals surface area contributed by atoms with E-state index in [4.69, 9.17) is 16.3 Å². The third-order valence-electron chi connectivity index (χ3n) is 4.63. The fourth-order valence-corrected chi connectivity index (χ4v) is 4.39. The van der Waals surface area contributed by atoms with E-state index in [1.165, 1.54) is 0 Å². The van der Waals surface area contributed by atoms with Crippen molar-refractivity contribution in [3.8, 4) is 5.75 Å². The molecule has 6 heteroatoms. The van der Waals surface area contributed by atoms with Gasteiger partial charge in [0.05, 0.1) is 4.47 Å². The first-order valence-electron chi connectivity index (χ1n) is 7.87. The van der Waals surface area contributed by atoms with Crippen molar-refractivity contribution in [3.05, 3.63) is 27.2 Å². The van der Waals surface area contributed by atoms with Crippen LogP contribution in [0, 0.1) is 5.92 Å². The molecule has 2 aliphatic heterocycles. The van der Waals surface area contributed by atoms with Gasteiger partial charge >= 0.3 is 0 Å². The Kier molecular flexibility index (Phi) is 5.63. The van der Waals surface area contributed by atoms with Crippen molar-refractivity contribution >= 4 is 27.5 Å². The molecule has 2 saturated heterocycles. The molecule has 0 amide bonds. The fourth-order valence-electron chi connectivity index (χ4n) is 3.55. The fraction of sp³-hybridized carbons (Fsp3) is 0.625. The van der Waals surface area contributed by atoms with Crippen molar-refractivity contribution in [2.75, 3.05) is 39.4 Å². The summed E-state index contributed by atoms with van der Waals surface area (Å²) in [6, 6.07) is 3.87. The van der Waals surface area contributed by atoms with Crippen molar-refractivity contribution in [2.45, 2.75) is 18.9 Å². The smallest absolute Gasteiger partial charge is 0.134 e. The van der Waals surface area contributed by atoms with Gasteiger partial charge in [-0.15, -0.1) is 0 Å². The van der Waals surface area contributed by atoms with E-state index in [1.807, 2.05) is 6.07 Å². The van der Waals surface area contributed by atoms with Gasteiger partial charge in [0, 0.05) is 56.0 Å². The maximum absolute atomic E-state index is 10.6. The van der Waals surface area contributed by atoms with Gasteiger partial charge in [0.1, 0.15) is 5.75 Å². The molecule has 22 heavy (non-hydrogen) atoms. The van der Waals surface area contributed by atoms with Crippen LogP contribution in [0.3, 0.4) is 0 Å². The first-order valence-corrected chi connectivity index (χ1v) is 9.04. The summed E-state index contributed by atoms with van der Waals surface area (Å²) in [4.78, 5) is 2.48. The lowest BCUT2D eigenvalue weighted by molar-refractivity contribution is 0.0206. The first-order chi connectivity index (χ1) is 10.7. The van der Waals surface area contributed by atoms with E-state index < -0.39 is 0 Å². The average molecular weight is 390 g/mol. The standard InChI is InChI=1S/C16H22BrClN2O2/c17-14-10-12(18)9-13(16(14)21)15(11-1-7-22-8-2-11)20-5-3-19-4-6-20/h9-11,15,19,21H,1-8H2/t15-/m1/s1. The van der Waals surface area contributed by atoms with Crippen LogP contribution >= 0.6 is 27.5 Å². The van der Waals surface area contributed by atoms with Gasteiger partial charge in [-0.05, 0) is 46.8 Å². The second-order valence-electron chi connectivity index (χ2n) is 6.01. The molecule has 1 atom stereocenters. The van der Waals surface area contributed by atoms with E-state index >= 15 is 0 Å². The van der Waals surface area contributed by atoms with Crippen molar-refractivity contribution in [2.24, 2.45) is 5.92 Å². The largest absolute Gasteiger partial charge is 0.506 e. The van der Waals surface area contributed by atoms with Gasteiger partial charge < -0.3 is 15.2 Å². The second kappa shape index (κ2) is 7.49. The van der Waals surface area contributed by atoms with Crippen LogP contribution in [0.1, 0.15) is 24.4 Å². The molecule has 0 spiro atoms. The predicted molar refractivity (Wildman–Crippen MR) is 91.5 cm³/mol. The number of rotatable bonds is 3. The highest BCUT2D eigenvalue weighted by molar-refractivity contribution is 9.10. The summed E-state index contributed by atoms with van der Waals surface area (Å²) >= 11 is 9.67. The Morgan fingerprint density at radius 3 is 2.64 bits per heavy atom. The number of ether oxygens (including phenoxy) is 1. The summed E-state index contributed by atoms with van der Waals surface area (Å²) in [7, 11) is 0. The van der Waals surface area contributed by atoms with Gasteiger partial charge in [0.2, 0.25) is 0 Å². The van der Waals surface area contributed by atoms with E-state index in [1.54, 1.807) is 6.07 Å². The number of hydrogen-bond donors (Lipinski definition) is 2. The topological polar surface area (TPSA) is 44.7 Å². The van der Waals surface area contributed by atoms with E-state index in [2.05, 4.69) is 26.1 Å². The molecule has 0 bridgehead atoms. The molecule has 122 valence electrons. The lowest BCUT2D eigenvalue weighted by Crippen LogP contribution is -2.47. The van der Waals surface area contributed by atoms with Gasteiger partial charge in [0.25, 0.3) is 0 Å². The Morgan fingerprint density at radius 1 is 1.27 bits per heavy atom. The zero-order valence-corrected chi connectivity index (χ0v) is 14.9. The SMILES string of the molecule is Oc1c(Br)cc(Cl)cc1[C@@H](C1CCOCC1)N1CCNCC1. The van der Waals surface area contributed by atoms with Crippen molar-refractivity contribution < 1.29 is 9.84 Å². The number of phenolic OH excluding ortho intramolecular Hbond substituents is 1. The quantitative estimate of drug-likeness (QED) is 0.833. The van der Waals surface area contributed by atoms with E-state index in [0.717, 1.165) is 57.8 Å². The van der Waals surface area contributed by atoms with Crippen LogP contribution in [0.5, 0.6) is 5.75 Å². The van der Waals surface area contributed by atoms with Gasteiger partial charge in [0.15, 0.2) is 0 Å². The van der Waals surface area contributed by atoms with Gasteiger partial charge in [-0.25, -0.2) is 0 Å². The van der Waals surface area contributed by atoms with Crippen LogP contribution in [0.25, 0.3) is 0 Å². The predicted octanol–water partition coefficient (Wildman–Crippen LogP) is 3.18. The summed E-state index contributed by atoms with van der Waals surface area (Å²) in [5.41, 5.74) is 0.938. The zero-order valence-electron chi connectivity index (χ0n) is 12.5. The molecule has 3 rings (SSSR count). The number of hydrogen-bond acceptors (Lipinski definition) is 4. The molecule has 1 aromatic rings. The molecule has 4 nitrogen and oxygen atoms in total. The molecule has 0 unspecified atom stereocenters. The van der Waals surface area contributed by atoms with Crippen LogP contribution in [0.4, 0.5) is 0 Å². The molecule has 2 fully saturated rings. The maximum Gasteiger partial charge on any atom is 0.134 e. The van der Waals surface area contributed by atoms with Gasteiger partial charge in [-0.3, -0.25) is 4.90 Å². The molecule has 2 aliphatic rings. The highest BCUT2D eigenvalue weighted by Crippen LogP contribution is 2.43. The van der Waals surface area contributed by atoms with Crippen molar-refractivity contribution in [1.29, 1.82) is 0 Å². The zero-order chi connectivity index (χ0) is 15.5. The molecular formula is C16H22BrClN2O2. The minimum absolute atomic E-state index is 0.195. The summed E-state index contributed by atoms with van der Waals surface area (Å²) in [6.45, 7) is 5.56. The maximum atomic E-state index is 10.6. The van der Waals surface area contributed by atoms with Gasteiger partial charge in [-0.2, -0.15) is 0 Å². The summed E-state index contributed by atoms with van der Waals surface area (Å²) in [6.07, 6.45) is 2.05. The van der Waals surface area contributed by atoms with E-state index in [0.29, 0.717) is 21.2 Å². The first kappa shape index (κ1) is 16.5. The lowest BCUT2D eigenvalue weighted by atomic mass is 9.85. The minimum atomic E-state index is 0.195. The summed E-state index contributed by atoms with van der Waals surface area (Å²) < 4.78 is 6.19. The Labute approximate surface area is 144 Å². The van der Waals surface area contributed by atoms with E-state index in [9.17, 15) is 5.11 Å². The number of halogens is 2. The van der Waals surface area contributed by atoms with Crippen LogP contribution in [0.2, 0.25) is 5.02 Å². The number of aromatic hydroxyl groups is 1. The van der Waals surface area contributed by atoms with Crippen molar-refractivity contribution in [3.63, 3.8) is 0 Å². The molecule has 0 aliphatic carbocycles. The monoisotopic (exact) mass is 388 g/mol. The molecule has 2 N–H and O–H groups in total. The second-order valence-corrected chi connectivity index (χ2v) is 7.30.